The first-order chi connectivity index (χ1) is 16.1. The van der Waals surface area contributed by atoms with Gasteiger partial charge in [0.05, 0.1) is 12.3 Å². The molecule has 1 aliphatic carbocycles. The number of urea groups is 1. The highest BCUT2D eigenvalue weighted by Crippen LogP contribution is 2.42. The Kier molecular flexibility index (Phi) is 4.73. The first-order valence-corrected chi connectivity index (χ1v) is 12.5. The second-order valence-corrected chi connectivity index (χ2v) is 10.3. The Bertz CT molecular complexity index is 1260. The van der Waals surface area contributed by atoms with Crippen molar-refractivity contribution >= 4 is 46.2 Å². The fraction of sp³-hybridized carbons (Fsp3) is 0.304. The number of hydrogen-bond acceptors (Lipinski definition) is 7. The molecule has 0 bridgehead atoms. The number of furan rings is 1. The average Bonchev–Trinajstić information content (AvgIpc) is 3.63. The van der Waals surface area contributed by atoms with Gasteiger partial charge in [0, 0.05) is 21.7 Å². The summed E-state index contributed by atoms with van der Waals surface area (Å²) in [6.07, 6.45) is 4.32. The number of fused-ring (bicyclic) bond motifs is 2. The number of nitrogens with zero attached hydrogens (tertiary/aromatic N) is 3. The number of hydrazone groups is 1. The maximum Gasteiger partial charge on any atom is 0.325 e. The Morgan fingerprint density at radius 2 is 2.12 bits per heavy atom. The minimum absolute atomic E-state index is 0.300. The molecule has 33 heavy (non-hydrogen) atoms. The van der Waals surface area contributed by atoms with Gasteiger partial charge in [-0.3, -0.25) is 14.5 Å². The molecule has 0 saturated carbocycles. The minimum Gasteiger partial charge on any atom is -0.463 e. The molecule has 4 amide bonds. The van der Waals surface area contributed by atoms with Crippen LogP contribution in [0.25, 0.3) is 0 Å². The van der Waals surface area contributed by atoms with Gasteiger partial charge >= 0.3 is 6.03 Å². The van der Waals surface area contributed by atoms with E-state index in [9.17, 15) is 14.4 Å². The zero-order chi connectivity index (χ0) is 22.6. The number of amides is 4. The summed E-state index contributed by atoms with van der Waals surface area (Å²) >= 11 is 3.14. The lowest BCUT2D eigenvalue weighted by Gasteiger charge is -2.31. The lowest BCUT2D eigenvalue weighted by Crippen LogP contribution is -2.46. The number of imide groups is 1. The van der Waals surface area contributed by atoms with Crippen LogP contribution in [0.3, 0.4) is 0 Å². The third kappa shape index (κ3) is 3.16. The van der Waals surface area contributed by atoms with Crippen LogP contribution in [0.2, 0.25) is 0 Å². The standard InChI is InChI=1S/C23H20N4O4S2/c28-20(27-16(19-6-3-10-32-19)12-15(25-27)17-4-2-9-31-17)13-26-21(29)23(24-22(26)30)8-1-5-18-14(23)7-11-33-18/h2-4,6-7,9-11,16H,1,5,8,12-13H2,(H,24,30). The maximum atomic E-state index is 13.5. The SMILES string of the molecule is O=C1NC2(CCCc3sccc32)C(=O)N1CC(=O)N1N=C(c2ccco2)CC1c1cccs1. The van der Waals surface area contributed by atoms with Crippen LogP contribution in [0.5, 0.6) is 0 Å². The monoisotopic (exact) mass is 480 g/mol. The molecule has 3 aromatic heterocycles. The highest BCUT2D eigenvalue weighted by Gasteiger charge is 2.55. The molecule has 3 aromatic rings. The molecular weight excluding hydrogens is 460 g/mol. The van der Waals surface area contributed by atoms with E-state index in [-0.39, 0.29) is 18.5 Å². The number of carbonyl (C=O) groups excluding carboxylic acids is 3. The van der Waals surface area contributed by atoms with Crippen molar-refractivity contribution in [1.29, 1.82) is 0 Å². The Labute approximate surface area is 197 Å². The average molecular weight is 481 g/mol. The molecule has 1 N–H and O–H groups in total. The summed E-state index contributed by atoms with van der Waals surface area (Å²) in [6.45, 7) is -0.358. The maximum absolute atomic E-state index is 13.5. The zero-order valence-corrected chi connectivity index (χ0v) is 19.2. The van der Waals surface area contributed by atoms with E-state index in [0.29, 0.717) is 24.3 Å². The first kappa shape index (κ1) is 20.4. The number of aryl methyl sites for hydroxylation is 1. The largest absolute Gasteiger partial charge is 0.463 e. The lowest BCUT2D eigenvalue weighted by atomic mass is 9.80. The Morgan fingerprint density at radius 3 is 2.91 bits per heavy atom. The zero-order valence-electron chi connectivity index (χ0n) is 17.5. The fourth-order valence-corrected chi connectivity index (χ4v) is 6.74. The number of rotatable bonds is 4. The van der Waals surface area contributed by atoms with Crippen LogP contribution < -0.4 is 5.32 Å². The van der Waals surface area contributed by atoms with Crippen LogP contribution in [0, 0.1) is 0 Å². The van der Waals surface area contributed by atoms with Gasteiger partial charge in [-0.25, -0.2) is 9.80 Å². The smallest absolute Gasteiger partial charge is 0.325 e. The summed E-state index contributed by atoms with van der Waals surface area (Å²) in [5, 5.41) is 12.7. The number of carbonyl (C=O) groups is 3. The Balaban J connectivity index is 1.28. The van der Waals surface area contributed by atoms with Gasteiger partial charge in [0.15, 0.2) is 0 Å². The van der Waals surface area contributed by atoms with E-state index in [1.165, 1.54) is 16.3 Å². The summed E-state index contributed by atoms with van der Waals surface area (Å²) in [7, 11) is 0. The summed E-state index contributed by atoms with van der Waals surface area (Å²) < 4.78 is 5.49. The van der Waals surface area contributed by atoms with Crippen LogP contribution in [-0.4, -0.2) is 40.0 Å². The van der Waals surface area contributed by atoms with Gasteiger partial charge in [0.25, 0.3) is 11.8 Å². The number of thiophene rings is 2. The minimum atomic E-state index is -1.06. The second-order valence-electron chi connectivity index (χ2n) is 8.34. The third-order valence-corrected chi connectivity index (χ3v) is 8.43. The van der Waals surface area contributed by atoms with Crippen LogP contribution in [0.1, 0.15) is 46.4 Å². The van der Waals surface area contributed by atoms with Gasteiger partial charge < -0.3 is 9.73 Å². The molecule has 2 aliphatic heterocycles. The molecule has 6 rings (SSSR count). The normalized spacial score (nSPS) is 24.4. The van der Waals surface area contributed by atoms with Crippen molar-refractivity contribution < 1.29 is 18.8 Å². The molecule has 2 atom stereocenters. The van der Waals surface area contributed by atoms with Gasteiger partial charge in [-0.1, -0.05) is 6.07 Å². The van der Waals surface area contributed by atoms with Crippen molar-refractivity contribution in [2.24, 2.45) is 5.10 Å². The number of nitrogens with one attached hydrogen (secondary N) is 1. The Morgan fingerprint density at radius 1 is 1.21 bits per heavy atom. The predicted octanol–water partition coefficient (Wildman–Crippen LogP) is 3.86. The molecule has 1 spiro atoms. The van der Waals surface area contributed by atoms with E-state index >= 15 is 0 Å². The first-order valence-electron chi connectivity index (χ1n) is 10.7. The summed E-state index contributed by atoms with van der Waals surface area (Å²) in [6, 6.07) is 8.55. The second kappa shape index (κ2) is 7.67. The summed E-state index contributed by atoms with van der Waals surface area (Å²) in [5.74, 6) is -0.160. The van der Waals surface area contributed by atoms with Gasteiger partial charge in [-0.2, -0.15) is 5.10 Å². The van der Waals surface area contributed by atoms with E-state index in [2.05, 4.69) is 10.4 Å². The van der Waals surface area contributed by atoms with E-state index in [0.717, 1.165) is 33.1 Å². The van der Waals surface area contributed by atoms with Crippen molar-refractivity contribution in [3.05, 3.63) is 68.4 Å². The molecule has 10 heteroatoms. The van der Waals surface area contributed by atoms with Gasteiger partial charge in [-0.15, -0.1) is 22.7 Å². The molecular formula is C23H20N4O4S2. The topological polar surface area (TPSA) is 95.2 Å². The Hall–Kier alpha value is -3.24. The van der Waals surface area contributed by atoms with E-state index in [1.807, 2.05) is 29.0 Å². The molecule has 2 unspecified atom stereocenters. The predicted molar refractivity (Wildman–Crippen MR) is 123 cm³/mol. The van der Waals surface area contributed by atoms with E-state index < -0.39 is 17.5 Å². The van der Waals surface area contributed by atoms with Crippen LogP contribution in [0.4, 0.5) is 4.79 Å². The summed E-state index contributed by atoms with van der Waals surface area (Å²) in [5.41, 5.74) is 0.463. The molecule has 1 saturated heterocycles. The van der Waals surface area contributed by atoms with Crippen LogP contribution in [0.15, 0.2) is 56.9 Å². The third-order valence-electron chi connectivity index (χ3n) is 6.47. The van der Waals surface area contributed by atoms with Crippen LogP contribution >= 0.6 is 22.7 Å². The van der Waals surface area contributed by atoms with Gasteiger partial charge in [-0.05, 0) is 54.3 Å². The van der Waals surface area contributed by atoms with Crippen LogP contribution in [-0.2, 0) is 21.5 Å². The number of hydrogen-bond donors (Lipinski definition) is 1. The van der Waals surface area contributed by atoms with Crippen molar-refractivity contribution in [2.45, 2.75) is 37.3 Å². The fourth-order valence-electron chi connectivity index (χ4n) is 4.93. The molecule has 5 heterocycles. The van der Waals surface area contributed by atoms with Crippen molar-refractivity contribution in [2.75, 3.05) is 6.54 Å². The molecule has 1 fully saturated rings. The quantitative estimate of drug-likeness (QED) is 0.574. The molecule has 0 radical (unpaired) electrons. The highest BCUT2D eigenvalue weighted by atomic mass is 32.1. The molecule has 168 valence electrons. The van der Waals surface area contributed by atoms with Gasteiger partial charge in [0.1, 0.15) is 23.6 Å². The van der Waals surface area contributed by atoms with Gasteiger partial charge in [0.2, 0.25) is 0 Å². The molecule has 3 aliphatic rings. The highest BCUT2D eigenvalue weighted by molar-refractivity contribution is 7.10. The van der Waals surface area contributed by atoms with E-state index in [4.69, 9.17) is 4.42 Å². The molecule has 0 aromatic carbocycles. The van der Waals surface area contributed by atoms with Crippen molar-refractivity contribution in [3.63, 3.8) is 0 Å². The lowest BCUT2D eigenvalue weighted by molar-refractivity contribution is -0.140. The van der Waals surface area contributed by atoms with Crippen molar-refractivity contribution in [1.82, 2.24) is 15.2 Å². The summed E-state index contributed by atoms with van der Waals surface area (Å²) in [4.78, 5) is 42.9. The molecule has 8 nitrogen and oxygen atoms in total. The van der Waals surface area contributed by atoms with E-state index in [1.54, 1.807) is 29.7 Å². The van der Waals surface area contributed by atoms with Crippen molar-refractivity contribution in [3.8, 4) is 0 Å².